The van der Waals surface area contributed by atoms with Crippen LogP contribution in [0.2, 0.25) is 0 Å². The third-order valence-corrected chi connectivity index (χ3v) is 6.36. The van der Waals surface area contributed by atoms with Gasteiger partial charge in [0, 0.05) is 6.04 Å². The van der Waals surface area contributed by atoms with Crippen molar-refractivity contribution in [2.45, 2.75) is 31.5 Å². The van der Waals surface area contributed by atoms with Gasteiger partial charge in [-0.2, -0.15) is 5.26 Å². The van der Waals surface area contributed by atoms with Crippen molar-refractivity contribution in [2.75, 3.05) is 4.90 Å². The molecule has 158 valence electrons. The van der Waals surface area contributed by atoms with Crippen LogP contribution in [0.3, 0.4) is 0 Å². The zero-order chi connectivity index (χ0) is 22.5. The quantitative estimate of drug-likeness (QED) is 0.641. The van der Waals surface area contributed by atoms with E-state index in [1.165, 1.54) is 6.92 Å². The lowest BCUT2D eigenvalue weighted by atomic mass is 9.76. The number of nitrogens with one attached hydrogen (secondary N) is 1. The smallest absolute Gasteiger partial charge is 0.327 e. The van der Waals surface area contributed by atoms with Gasteiger partial charge in [0.1, 0.15) is 0 Å². The third kappa shape index (κ3) is 2.86. The van der Waals surface area contributed by atoms with Crippen LogP contribution in [0.4, 0.5) is 5.69 Å². The predicted molar refractivity (Wildman–Crippen MR) is 110 cm³/mol. The van der Waals surface area contributed by atoms with E-state index in [9.17, 15) is 24.6 Å². The highest BCUT2D eigenvalue weighted by molar-refractivity contribution is 6.24. The van der Waals surface area contributed by atoms with Gasteiger partial charge in [-0.15, -0.1) is 0 Å². The average molecular weight is 419 g/mol. The van der Waals surface area contributed by atoms with Crippen molar-refractivity contribution in [3.63, 3.8) is 0 Å². The topological polar surface area (TPSA) is 131 Å². The Hall–Kier alpha value is -3.54. The van der Waals surface area contributed by atoms with Crippen LogP contribution in [0.1, 0.15) is 29.7 Å². The fourth-order valence-corrected chi connectivity index (χ4v) is 4.80. The number of aliphatic hydroxyl groups excluding tert-OH is 1. The molecule has 2 aromatic rings. The van der Waals surface area contributed by atoms with Crippen molar-refractivity contribution in [1.29, 1.82) is 5.26 Å². The molecule has 4 rings (SSSR count). The molecule has 2 heterocycles. The molecule has 2 aliphatic rings. The second-order valence-electron chi connectivity index (χ2n) is 8.01. The first-order valence-corrected chi connectivity index (χ1v) is 9.86. The van der Waals surface area contributed by atoms with Crippen molar-refractivity contribution in [2.24, 2.45) is 11.8 Å². The number of hydrogen-bond acceptors (Lipinski definition) is 6. The summed E-state index contributed by atoms with van der Waals surface area (Å²) in [5, 5.41) is 32.6. The van der Waals surface area contributed by atoms with Crippen molar-refractivity contribution >= 4 is 23.5 Å². The number of nitrogens with zero attached hydrogens (tertiary/aromatic N) is 2. The summed E-state index contributed by atoms with van der Waals surface area (Å²) in [5.41, 5.74) is 0.0348. The number of aryl methyl sites for hydroxylation is 1. The zero-order valence-electron chi connectivity index (χ0n) is 16.9. The van der Waals surface area contributed by atoms with Crippen LogP contribution in [0.5, 0.6) is 0 Å². The molecule has 0 spiro atoms. The van der Waals surface area contributed by atoms with Crippen molar-refractivity contribution in [3.8, 4) is 6.07 Å². The van der Waals surface area contributed by atoms with Gasteiger partial charge in [0.25, 0.3) is 0 Å². The number of fused-ring (bicyclic) bond motifs is 1. The number of carbonyl (C=O) groups is 3. The number of carboxylic acid groups (broad SMARTS) is 1. The summed E-state index contributed by atoms with van der Waals surface area (Å²) in [4.78, 5) is 40.5. The Morgan fingerprint density at radius 3 is 2.35 bits per heavy atom. The Kier molecular flexibility index (Phi) is 4.88. The zero-order valence-corrected chi connectivity index (χ0v) is 16.9. The van der Waals surface area contributed by atoms with Crippen LogP contribution >= 0.6 is 0 Å². The number of carbonyl (C=O) groups excluding carboxylic acids is 2. The maximum Gasteiger partial charge on any atom is 0.327 e. The van der Waals surface area contributed by atoms with Crippen LogP contribution in [0, 0.1) is 30.1 Å². The monoisotopic (exact) mass is 419 g/mol. The summed E-state index contributed by atoms with van der Waals surface area (Å²) < 4.78 is 0. The number of carboxylic acids is 1. The summed E-state index contributed by atoms with van der Waals surface area (Å²) in [7, 11) is 0. The van der Waals surface area contributed by atoms with Crippen LogP contribution in [-0.4, -0.2) is 39.6 Å². The minimum Gasteiger partial charge on any atom is -0.480 e. The fraction of sp³-hybridized carbons (Fsp3) is 0.304. The van der Waals surface area contributed by atoms with E-state index in [2.05, 4.69) is 5.32 Å². The third-order valence-electron chi connectivity index (χ3n) is 6.36. The molecule has 2 amide bonds. The summed E-state index contributed by atoms with van der Waals surface area (Å²) >= 11 is 0. The van der Waals surface area contributed by atoms with Gasteiger partial charge in [-0.3, -0.25) is 19.7 Å². The van der Waals surface area contributed by atoms with Gasteiger partial charge >= 0.3 is 5.97 Å². The number of benzene rings is 2. The van der Waals surface area contributed by atoms with Gasteiger partial charge in [-0.05, 0) is 43.2 Å². The molecule has 0 bridgehead atoms. The number of aliphatic carboxylic acids is 1. The minimum absolute atomic E-state index is 0.398. The highest BCUT2D eigenvalue weighted by atomic mass is 16.4. The Bertz CT molecular complexity index is 1120. The number of imide groups is 1. The summed E-state index contributed by atoms with van der Waals surface area (Å²) in [6.07, 6.45) is -1.45. The highest BCUT2D eigenvalue weighted by Crippen LogP contribution is 2.51. The van der Waals surface area contributed by atoms with E-state index in [0.29, 0.717) is 22.4 Å². The first-order valence-electron chi connectivity index (χ1n) is 9.86. The van der Waals surface area contributed by atoms with Crippen molar-refractivity contribution < 1.29 is 24.6 Å². The first kappa shape index (κ1) is 20.7. The van der Waals surface area contributed by atoms with E-state index in [4.69, 9.17) is 5.26 Å². The van der Waals surface area contributed by atoms with Gasteiger partial charge in [-0.25, -0.2) is 4.90 Å². The number of rotatable bonds is 4. The molecule has 8 nitrogen and oxygen atoms in total. The first-order chi connectivity index (χ1) is 14.7. The number of hydrogen-bond donors (Lipinski definition) is 3. The predicted octanol–water partition coefficient (Wildman–Crippen LogP) is 1.52. The molecule has 0 saturated carbocycles. The van der Waals surface area contributed by atoms with E-state index >= 15 is 0 Å². The lowest BCUT2D eigenvalue weighted by molar-refractivity contribution is -0.154. The van der Waals surface area contributed by atoms with Crippen LogP contribution < -0.4 is 10.2 Å². The van der Waals surface area contributed by atoms with E-state index in [1.54, 1.807) is 55.5 Å². The molecule has 0 aliphatic carbocycles. The summed E-state index contributed by atoms with van der Waals surface area (Å²) in [5.74, 6) is -4.89. The van der Waals surface area contributed by atoms with Crippen LogP contribution in [0.25, 0.3) is 0 Å². The number of amides is 2. The lowest BCUT2D eigenvalue weighted by Gasteiger charge is -2.33. The normalized spacial score (nSPS) is 28.3. The molecule has 2 aliphatic heterocycles. The maximum atomic E-state index is 13.5. The molecule has 0 aromatic heterocycles. The number of nitriles is 1. The summed E-state index contributed by atoms with van der Waals surface area (Å²) in [6, 6.07) is 14.5. The van der Waals surface area contributed by atoms with E-state index in [0.717, 1.165) is 4.90 Å². The molecule has 5 atom stereocenters. The van der Waals surface area contributed by atoms with E-state index < -0.39 is 47.3 Å². The molecule has 2 aromatic carbocycles. The van der Waals surface area contributed by atoms with Crippen LogP contribution in [0.15, 0.2) is 48.5 Å². The van der Waals surface area contributed by atoms with Gasteiger partial charge < -0.3 is 10.2 Å². The van der Waals surface area contributed by atoms with E-state index in [-0.39, 0.29) is 0 Å². The van der Waals surface area contributed by atoms with Crippen molar-refractivity contribution in [1.82, 2.24) is 5.32 Å². The lowest BCUT2D eigenvalue weighted by Crippen LogP contribution is -2.62. The Morgan fingerprint density at radius 1 is 1.16 bits per heavy atom. The fourth-order valence-electron chi connectivity index (χ4n) is 4.80. The average Bonchev–Trinajstić information content (AvgIpc) is 3.24. The van der Waals surface area contributed by atoms with Gasteiger partial charge in [0.2, 0.25) is 11.8 Å². The second kappa shape index (κ2) is 7.30. The molecule has 3 N–H and O–H groups in total. The molecule has 5 unspecified atom stereocenters. The summed E-state index contributed by atoms with van der Waals surface area (Å²) in [6.45, 7) is 3.06. The molecular weight excluding hydrogens is 398 g/mol. The van der Waals surface area contributed by atoms with Gasteiger partial charge in [0.15, 0.2) is 5.54 Å². The molecule has 2 saturated heterocycles. The molecule has 8 heteroatoms. The standard InChI is InChI=1S/C23H21N3O5/c1-12-5-3-4-6-16(12)26-20(28)17-18(21(26)29)23(13(2)27,22(30)31)25-19(17)15-9-7-14(11-24)8-10-15/h3-10,13,17-19,25,27H,1-2H3,(H,30,31). The SMILES string of the molecule is Cc1ccccc1N1C(=O)C2C(c3ccc(C#N)cc3)NC(C(=O)O)(C(C)O)C2C1=O. The Morgan fingerprint density at radius 2 is 1.81 bits per heavy atom. The largest absolute Gasteiger partial charge is 0.480 e. The second-order valence-corrected chi connectivity index (χ2v) is 8.01. The molecule has 2 fully saturated rings. The highest BCUT2D eigenvalue weighted by Gasteiger charge is 2.70. The number of para-hydroxylation sites is 1. The number of aliphatic hydroxyl groups is 1. The molecule has 0 radical (unpaired) electrons. The Labute approximate surface area is 178 Å². The molecular formula is C23H21N3O5. The Balaban J connectivity index is 1.89. The van der Waals surface area contributed by atoms with Gasteiger partial charge in [-0.1, -0.05) is 30.3 Å². The van der Waals surface area contributed by atoms with Crippen molar-refractivity contribution in [3.05, 3.63) is 65.2 Å². The molecule has 31 heavy (non-hydrogen) atoms. The van der Waals surface area contributed by atoms with Crippen LogP contribution in [-0.2, 0) is 14.4 Å². The van der Waals surface area contributed by atoms with E-state index in [1.807, 2.05) is 6.07 Å². The maximum absolute atomic E-state index is 13.5. The van der Waals surface area contributed by atoms with Gasteiger partial charge in [0.05, 0.1) is 35.3 Å². The number of anilines is 1. The minimum atomic E-state index is -2.03.